The number of hydrogen-bond donors (Lipinski definition) is 2. The molecule has 2 aromatic rings. The van der Waals surface area contributed by atoms with Gasteiger partial charge in [-0.2, -0.15) is 5.48 Å². The summed E-state index contributed by atoms with van der Waals surface area (Å²) in [6.07, 6.45) is 1.60. The Bertz CT molecular complexity index is 641. The van der Waals surface area contributed by atoms with Gasteiger partial charge in [-0.05, 0) is 24.0 Å². The number of carbonyl (C=O) groups is 1. The first kappa shape index (κ1) is 17.6. The summed E-state index contributed by atoms with van der Waals surface area (Å²) >= 11 is 0. The molecule has 3 rings (SSSR count). The van der Waals surface area contributed by atoms with Crippen molar-refractivity contribution in [2.45, 2.75) is 38.1 Å². The average Bonchev–Trinajstić information content (AvgIpc) is 2.68. The van der Waals surface area contributed by atoms with Crippen molar-refractivity contribution >= 4 is 5.97 Å². The van der Waals surface area contributed by atoms with Crippen LogP contribution in [0.4, 0.5) is 0 Å². The summed E-state index contributed by atoms with van der Waals surface area (Å²) in [6.45, 7) is 1.53. The van der Waals surface area contributed by atoms with E-state index in [2.05, 4.69) is 10.8 Å². The van der Waals surface area contributed by atoms with Gasteiger partial charge in [-0.15, -0.1) is 0 Å². The van der Waals surface area contributed by atoms with Crippen LogP contribution in [0.1, 0.15) is 24.0 Å². The van der Waals surface area contributed by atoms with Crippen LogP contribution in [-0.2, 0) is 27.6 Å². The highest BCUT2D eigenvalue weighted by Crippen LogP contribution is 2.11. The van der Waals surface area contributed by atoms with Crippen molar-refractivity contribution in [3.8, 4) is 0 Å². The minimum Gasteiger partial charge on any atom is -0.460 e. The second-order valence-corrected chi connectivity index (χ2v) is 6.22. The van der Waals surface area contributed by atoms with Crippen molar-refractivity contribution in [2.24, 2.45) is 0 Å². The fourth-order valence-corrected chi connectivity index (χ4v) is 2.80. The molecule has 0 saturated carbocycles. The largest absolute Gasteiger partial charge is 0.460 e. The molecule has 25 heavy (non-hydrogen) atoms. The van der Waals surface area contributed by atoms with Gasteiger partial charge < -0.3 is 10.1 Å². The van der Waals surface area contributed by atoms with Gasteiger partial charge in [0.05, 0.1) is 6.61 Å². The van der Waals surface area contributed by atoms with E-state index in [-0.39, 0.29) is 18.1 Å². The number of rotatable bonds is 7. The lowest BCUT2D eigenvalue weighted by atomic mass is 10.0. The summed E-state index contributed by atoms with van der Waals surface area (Å²) < 4.78 is 5.39. The fourth-order valence-electron chi connectivity index (χ4n) is 2.80. The maximum Gasteiger partial charge on any atom is 0.323 e. The van der Waals surface area contributed by atoms with E-state index in [1.54, 1.807) is 0 Å². The Morgan fingerprint density at radius 1 is 0.960 bits per heavy atom. The molecule has 0 amide bonds. The van der Waals surface area contributed by atoms with Crippen LogP contribution in [0.5, 0.6) is 0 Å². The van der Waals surface area contributed by atoms with Crippen molar-refractivity contribution in [1.82, 2.24) is 10.8 Å². The third kappa shape index (κ3) is 5.67. The zero-order valence-electron chi connectivity index (χ0n) is 14.2. The predicted octanol–water partition coefficient (Wildman–Crippen LogP) is 2.57. The quantitative estimate of drug-likeness (QED) is 0.599. The lowest BCUT2D eigenvalue weighted by Crippen LogP contribution is -2.51. The van der Waals surface area contributed by atoms with Gasteiger partial charge in [-0.1, -0.05) is 60.7 Å². The molecule has 5 nitrogen and oxygen atoms in total. The van der Waals surface area contributed by atoms with Crippen molar-refractivity contribution in [3.05, 3.63) is 71.8 Å². The molecule has 1 aliphatic heterocycles. The molecule has 1 heterocycles. The lowest BCUT2D eigenvalue weighted by molar-refractivity contribution is -0.148. The van der Waals surface area contributed by atoms with Crippen molar-refractivity contribution in [2.75, 3.05) is 6.54 Å². The van der Waals surface area contributed by atoms with E-state index in [1.807, 2.05) is 60.7 Å². The molecule has 0 aromatic heterocycles. The van der Waals surface area contributed by atoms with Crippen LogP contribution in [0.15, 0.2) is 60.7 Å². The Kier molecular flexibility index (Phi) is 6.56. The molecule has 0 unspecified atom stereocenters. The second kappa shape index (κ2) is 9.32. The zero-order valence-corrected chi connectivity index (χ0v) is 14.2. The van der Waals surface area contributed by atoms with Gasteiger partial charge in [0.2, 0.25) is 0 Å². The molecule has 1 fully saturated rings. The van der Waals surface area contributed by atoms with Crippen LogP contribution in [0.3, 0.4) is 0 Å². The molecule has 2 atom stereocenters. The highest BCUT2D eigenvalue weighted by molar-refractivity contribution is 5.75. The smallest absolute Gasteiger partial charge is 0.323 e. The number of piperidine rings is 1. The number of ether oxygens (including phenoxy) is 1. The summed E-state index contributed by atoms with van der Waals surface area (Å²) in [4.78, 5) is 17.7. The first-order chi connectivity index (χ1) is 12.3. The van der Waals surface area contributed by atoms with E-state index in [9.17, 15) is 4.79 Å². The highest BCUT2D eigenvalue weighted by atomic mass is 16.6. The Morgan fingerprint density at radius 2 is 1.60 bits per heavy atom. The van der Waals surface area contributed by atoms with E-state index in [0.717, 1.165) is 24.0 Å². The molecule has 0 radical (unpaired) electrons. The summed E-state index contributed by atoms with van der Waals surface area (Å²) in [5.74, 6) is -0.187. The molecule has 132 valence electrons. The maximum atomic E-state index is 12.1. The Morgan fingerprint density at radius 3 is 2.20 bits per heavy atom. The molecule has 1 saturated heterocycles. The molecule has 1 aliphatic rings. The first-order valence-corrected chi connectivity index (χ1v) is 8.66. The Hall–Kier alpha value is -2.21. The van der Waals surface area contributed by atoms with E-state index in [4.69, 9.17) is 9.57 Å². The van der Waals surface area contributed by atoms with Gasteiger partial charge in [0.1, 0.15) is 12.6 Å². The summed E-state index contributed by atoms with van der Waals surface area (Å²) in [5, 5.41) is 3.24. The number of hydroxylamine groups is 1. The fraction of sp³-hybridized carbons (Fsp3) is 0.350. The number of nitrogens with one attached hydrogen (secondary N) is 2. The topological polar surface area (TPSA) is 59.6 Å². The average molecular weight is 340 g/mol. The number of carbonyl (C=O) groups excluding carboxylic acids is 1. The van der Waals surface area contributed by atoms with E-state index >= 15 is 0 Å². The molecule has 0 aliphatic carbocycles. The molecule has 2 aromatic carbocycles. The minimum absolute atomic E-state index is 0.187. The highest BCUT2D eigenvalue weighted by Gasteiger charge is 2.26. The Labute approximate surface area is 148 Å². The SMILES string of the molecule is O=C(OCc1ccccc1)[C@H]1CC[C@@H](NOCc2ccccc2)CN1. The third-order valence-electron chi connectivity index (χ3n) is 4.25. The van der Waals surface area contributed by atoms with Gasteiger partial charge in [0.25, 0.3) is 0 Å². The van der Waals surface area contributed by atoms with Gasteiger partial charge in [0.15, 0.2) is 0 Å². The molecular formula is C20H24N2O3. The van der Waals surface area contributed by atoms with Crippen LogP contribution in [0.25, 0.3) is 0 Å². The zero-order chi connectivity index (χ0) is 17.3. The van der Waals surface area contributed by atoms with Crippen molar-refractivity contribution in [1.29, 1.82) is 0 Å². The summed E-state index contributed by atoms with van der Waals surface area (Å²) in [7, 11) is 0. The van der Waals surface area contributed by atoms with Crippen molar-refractivity contribution in [3.63, 3.8) is 0 Å². The van der Waals surface area contributed by atoms with E-state index in [1.165, 1.54) is 0 Å². The van der Waals surface area contributed by atoms with Crippen LogP contribution >= 0.6 is 0 Å². The van der Waals surface area contributed by atoms with Gasteiger partial charge in [-0.3, -0.25) is 9.63 Å². The van der Waals surface area contributed by atoms with Crippen molar-refractivity contribution < 1.29 is 14.4 Å². The molecular weight excluding hydrogens is 316 g/mol. The molecule has 5 heteroatoms. The summed E-state index contributed by atoms with van der Waals surface area (Å²) in [6, 6.07) is 19.7. The number of hydrogen-bond acceptors (Lipinski definition) is 5. The maximum absolute atomic E-state index is 12.1. The summed E-state index contributed by atoms with van der Waals surface area (Å²) in [5.41, 5.74) is 5.20. The van der Waals surface area contributed by atoms with Crippen LogP contribution in [-0.4, -0.2) is 24.6 Å². The normalized spacial score (nSPS) is 20.2. The molecule has 0 bridgehead atoms. The van der Waals surface area contributed by atoms with Gasteiger partial charge in [-0.25, -0.2) is 0 Å². The second-order valence-electron chi connectivity index (χ2n) is 6.22. The monoisotopic (exact) mass is 340 g/mol. The predicted molar refractivity (Wildman–Crippen MR) is 95.4 cm³/mol. The standard InChI is InChI=1S/C20H24N2O3/c23-20(24-14-16-7-3-1-4-8-16)19-12-11-18(13-21-19)22-25-15-17-9-5-2-6-10-17/h1-10,18-19,21-22H,11-15H2/t18-,19-/m1/s1. The van der Waals surface area contributed by atoms with Crippen LogP contribution < -0.4 is 10.8 Å². The first-order valence-electron chi connectivity index (χ1n) is 8.66. The minimum atomic E-state index is -0.240. The van der Waals surface area contributed by atoms with E-state index in [0.29, 0.717) is 19.8 Å². The molecule has 0 spiro atoms. The molecule has 2 N–H and O–H groups in total. The number of esters is 1. The number of benzene rings is 2. The lowest BCUT2D eigenvalue weighted by Gasteiger charge is -2.28. The third-order valence-corrected chi connectivity index (χ3v) is 4.25. The van der Waals surface area contributed by atoms with Crippen LogP contribution in [0.2, 0.25) is 0 Å². The van der Waals surface area contributed by atoms with E-state index < -0.39 is 0 Å². The van der Waals surface area contributed by atoms with Crippen LogP contribution in [0, 0.1) is 0 Å². The van der Waals surface area contributed by atoms with Gasteiger partial charge in [0, 0.05) is 12.6 Å². The van der Waals surface area contributed by atoms with Gasteiger partial charge >= 0.3 is 5.97 Å². The Balaban J connectivity index is 1.33.